The molecule has 2 aromatic rings. The van der Waals surface area contributed by atoms with Gasteiger partial charge in [0.1, 0.15) is 17.4 Å². The van der Waals surface area contributed by atoms with E-state index in [2.05, 4.69) is 46.6 Å². The van der Waals surface area contributed by atoms with Crippen LogP contribution >= 0.6 is 11.6 Å². The van der Waals surface area contributed by atoms with Crippen molar-refractivity contribution in [2.24, 2.45) is 23.2 Å². The van der Waals surface area contributed by atoms with Crippen molar-refractivity contribution >= 4 is 35.0 Å². The number of amides is 1. The first-order valence-electron chi connectivity index (χ1n) is 14.4. The first kappa shape index (κ1) is 28.0. The van der Waals surface area contributed by atoms with Gasteiger partial charge in [-0.3, -0.25) is 9.69 Å². The summed E-state index contributed by atoms with van der Waals surface area (Å²) in [4.78, 5) is 24.9. The van der Waals surface area contributed by atoms with E-state index in [4.69, 9.17) is 21.3 Å². The fourth-order valence-corrected chi connectivity index (χ4v) is 7.12. The van der Waals surface area contributed by atoms with Gasteiger partial charge < -0.3 is 20.7 Å². The Morgan fingerprint density at radius 1 is 1.15 bits per heavy atom. The summed E-state index contributed by atoms with van der Waals surface area (Å²) in [6, 6.07) is 7.92. The molecule has 8 nitrogen and oxygen atoms in total. The van der Waals surface area contributed by atoms with Crippen LogP contribution < -0.4 is 20.7 Å². The van der Waals surface area contributed by atoms with Crippen molar-refractivity contribution < 1.29 is 9.53 Å². The van der Waals surface area contributed by atoms with Gasteiger partial charge >= 0.3 is 0 Å². The Morgan fingerprint density at radius 2 is 1.87 bits per heavy atom. The topological polar surface area (TPSA) is 91.4 Å². The highest BCUT2D eigenvalue weighted by Gasteiger charge is 2.65. The Bertz CT molecular complexity index is 1170. The zero-order chi connectivity index (χ0) is 27.8. The number of anilines is 3. The van der Waals surface area contributed by atoms with Gasteiger partial charge in [0.05, 0.1) is 17.7 Å². The third-order valence-electron chi connectivity index (χ3n) is 9.30. The molecule has 0 spiro atoms. The SMILES string of the molecule is CC(C)NC(=O)[C@H]1C[C@H]2C[C@H](C2(C)C)[C@@]1(C)Nc1nc(Nc2ccc(OCCN3CCCC3)cc2)ncc1Cl. The van der Waals surface area contributed by atoms with Crippen molar-refractivity contribution in [3.63, 3.8) is 0 Å². The summed E-state index contributed by atoms with van der Waals surface area (Å²) in [5.41, 5.74) is 0.520. The lowest BCUT2D eigenvalue weighted by Gasteiger charge is -2.66. The fourth-order valence-electron chi connectivity index (χ4n) is 6.98. The summed E-state index contributed by atoms with van der Waals surface area (Å²) >= 11 is 6.60. The monoisotopic (exact) mass is 554 g/mol. The number of carbonyl (C=O) groups excluding carboxylic acids is 1. The van der Waals surface area contributed by atoms with Crippen LogP contribution in [-0.4, -0.2) is 58.6 Å². The first-order chi connectivity index (χ1) is 18.6. The number of carbonyl (C=O) groups is 1. The highest BCUT2D eigenvalue weighted by molar-refractivity contribution is 6.32. The van der Waals surface area contributed by atoms with E-state index >= 15 is 0 Å². The van der Waals surface area contributed by atoms with Gasteiger partial charge in [0, 0.05) is 18.3 Å². The molecule has 6 rings (SSSR count). The van der Waals surface area contributed by atoms with E-state index in [0.29, 0.717) is 35.2 Å². The quantitative estimate of drug-likeness (QED) is 0.345. The molecule has 39 heavy (non-hydrogen) atoms. The minimum absolute atomic E-state index is 0.0910. The van der Waals surface area contributed by atoms with Gasteiger partial charge in [0.15, 0.2) is 5.82 Å². The lowest BCUT2D eigenvalue weighted by atomic mass is 9.40. The van der Waals surface area contributed by atoms with Crippen LogP contribution in [0, 0.1) is 23.2 Å². The predicted molar refractivity (Wildman–Crippen MR) is 157 cm³/mol. The van der Waals surface area contributed by atoms with Gasteiger partial charge in [-0.15, -0.1) is 0 Å². The molecule has 4 aliphatic rings. The smallest absolute Gasteiger partial charge is 0.229 e. The second-order valence-corrected chi connectivity index (χ2v) is 13.0. The molecule has 212 valence electrons. The predicted octanol–water partition coefficient (Wildman–Crippen LogP) is 5.73. The van der Waals surface area contributed by atoms with Gasteiger partial charge in [-0.2, -0.15) is 4.98 Å². The van der Waals surface area contributed by atoms with Crippen molar-refractivity contribution in [2.75, 3.05) is 36.9 Å². The van der Waals surface area contributed by atoms with Crippen molar-refractivity contribution in [2.45, 2.75) is 71.9 Å². The maximum atomic E-state index is 13.3. The number of hydrogen-bond donors (Lipinski definition) is 3. The Morgan fingerprint density at radius 3 is 2.54 bits per heavy atom. The third kappa shape index (κ3) is 5.82. The molecule has 0 unspecified atom stereocenters. The van der Waals surface area contributed by atoms with E-state index in [1.165, 1.54) is 25.9 Å². The number of benzene rings is 1. The number of likely N-dealkylation sites (tertiary alicyclic amines) is 1. The zero-order valence-electron chi connectivity index (χ0n) is 23.9. The average molecular weight is 555 g/mol. The van der Waals surface area contributed by atoms with Gasteiger partial charge in [-0.25, -0.2) is 4.98 Å². The molecule has 3 N–H and O–H groups in total. The average Bonchev–Trinajstić information content (AvgIpc) is 3.40. The fraction of sp³-hybridized carbons (Fsp3) is 0.633. The summed E-state index contributed by atoms with van der Waals surface area (Å²) < 4.78 is 5.93. The molecule has 1 aliphatic heterocycles. The summed E-state index contributed by atoms with van der Waals surface area (Å²) in [5, 5.41) is 10.5. The van der Waals surface area contributed by atoms with Crippen LogP contribution in [0.15, 0.2) is 30.5 Å². The molecule has 0 radical (unpaired) electrons. The molecule has 4 atom stereocenters. The van der Waals surface area contributed by atoms with Crippen LogP contribution in [0.25, 0.3) is 0 Å². The summed E-state index contributed by atoms with van der Waals surface area (Å²) in [6.45, 7) is 14.8. The Kier molecular flexibility index (Phi) is 7.98. The van der Waals surface area contributed by atoms with Gasteiger partial charge in [0.2, 0.25) is 11.9 Å². The molecule has 3 saturated carbocycles. The standard InChI is InChI=1S/C30H43ClN6O2/c1-19(2)33-27(38)23-16-20-17-25(29(20,3)4)30(23,5)36-26-24(31)18-32-28(35-26)34-21-8-10-22(11-9-21)39-15-14-37-12-6-7-13-37/h8-11,18-20,23,25H,6-7,12-17H2,1-5H3,(H,33,38)(H2,32,34,35,36)/t20-,23+,25+,30-/m0/s1. The second-order valence-electron chi connectivity index (χ2n) is 12.6. The number of hydrogen-bond acceptors (Lipinski definition) is 7. The lowest BCUT2D eigenvalue weighted by Crippen LogP contribution is -2.69. The van der Waals surface area contributed by atoms with Crippen LogP contribution in [0.4, 0.5) is 17.5 Å². The molecule has 1 amide bonds. The Hall–Kier alpha value is -2.58. The van der Waals surface area contributed by atoms with Crippen molar-refractivity contribution in [3.05, 3.63) is 35.5 Å². The molecule has 9 heteroatoms. The van der Waals surface area contributed by atoms with Gasteiger partial charge in [0.25, 0.3) is 0 Å². The molecule has 1 aromatic carbocycles. The highest BCUT2D eigenvalue weighted by Crippen LogP contribution is 2.65. The van der Waals surface area contributed by atoms with Crippen LogP contribution in [0.5, 0.6) is 5.75 Å². The molecule has 2 heterocycles. The largest absolute Gasteiger partial charge is 0.492 e. The molecular formula is C30H43ClN6O2. The minimum atomic E-state index is -0.486. The summed E-state index contributed by atoms with van der Waals surface area (Å²) in [5.74, 6) is 2.63. The van der Waals surface area contributed by atoms with E-state index < -0.39 is 5.54 Å². The van der Waals surface area contributed by atoms with Crippen LogP contribution in [0.1, 0.15) is 60.3 Å². The Balaban J connectivity index is 1.27. The molecule has 3 aliphatic carbocycles. The first-order valence-corrected chi connectivity index (χ1v) is 14.8. The third-order valence-corrected chi connectivity index (χ3v) is 9.58. The number of nitrogens with zero attached hydrogens (tertiary/aromatic N) is 3. The maximum Gasteiger partial charge on any atom is 0.229 e. The van der Waals surface area contributed by atoms with E-state index in [-0.39, 0.29) is 23.3 Å². The van der Waals surface area contributed by atoms with Crippen molar-refractivity contribution in [1.82, 2.24) is 20.2 Å². The lowest BCUT2D eigenvalue weighted by molar-refractivity contribution is -0.156. The van der Waals surface area contributed by atoms with Crippen LogP contribution in [0.3, 0.4) is 0 Å². The molecule has 1 saturated heterocycles. The number of rotatable bonds is 10. The van der Waals surface area contributed by atoms with Gasteiger partial charge in [-0.1, -0.05) is 25.4 Å². The van der Waals surface area contributed by atoms with E-state index in [1.54, 1.807) is 6.20 Å². The Labute approximate surface area is 237 Å². The maximum absolute atomic E-state index is 13.3. The summed E-state index contributed by atoms with van der Waals surface area (Å²) in [6.07, 6.45) is 6.14. The highest BCUT2D eigenvalue weighted by atomic mass is 35.5. The minimum Gasteiger partial charge on any atom is -0.492 e. The molecule has 2 bridgehead atoms. The van der Waals surface area contributed by atoms with Crippen molar-refractivity contribution in [3.8, 4) is 5.75 Å². The number of nitrogens with one attached hydrogen (secondary N) is 3. The molecule has 1 aromatic heterocycles. The zero-order valence-corrected chi connectivity index (χ0v) is 24.6. The second kappa shape index (κ2) is 11.1. The molecule has 4 fully saturated rings. The number of aromatic nitrogens is 2. The normalized spacial score (nSPS) is 27.6. The molecular weight excluding hydrogens is 512 g/mol. The summed E-state index contributed by atoms with van der Waals surface area (Å²) in [7, 11) is 0. The van der Waals surface area contributed by atoms with E-state index in [9.17, 15) is 4.79 Å². The number of halogens is 1. The number of fused-ring (bicyclic) bond motifs is 2. The number of ether oxygens (including phenoxy) is 1. The van der Waals surface area contributed by atoms with Gasteiger partial charge in [-0.05, 0) is 101 Å². The van der Waals surface area contributed by atoms with E-state index in [0.717, 1.165) is 30.8 Å². The van der Waals surface area contributed by atoms with Crippen molar-refractivity contribution in [1.29, 1.82) is 0 Å². The van der Waals surface area contributed by atoms with Crippen LogP contribution in [0.2, 0.25) is 5.02 Å². The van der Waals surface area contributed by atoms with E-state index in [1.807, 2.05) is 38.1 Å². The van der Waals surface area contributed by atoms with Crippen LogP contribution in [-0.2, 0) is 4.79 Å².